The summed E-state index contributed by atoms with van der Waals surface area (Å²) in [6.07, 6.45) is 2.82. The molecule has 2 heterocycles. The quantitative estimate of drug-likeness (QED) is 0.500. The van der Waals surface area contributed by atoms with Gasteiger partial charge < -0.3 is 4.57 Å². The van der Waals surface area contributed by atoms with Gasteiger partial charge in [-0.05, 0) is 55.3 Å². The van der Waals surface area contributed by atoms with E-state index in [2.05, 4.69) is 11.6 Å². The van der Waals surface area contributed by atoms with Crippen molar-refractivity contribution in [2.75, 3.05) is 13.1 Å². The van der Waals surface area contributed by atoms with E-state index >= 15 is 0 Å². The monoisotopic (exact) mass is 493 g/mol. The van der Waals surface area contributed by atoms with Gasteiger partial charge in [0.15, 0.2) is 4.80 Å². The van der Waals surface area contributed by atoms with Crippen LogP contribution >= 0.6 is 22.9 Å². The van der Waals surface area contributed by atoms with Crippen LogP contribution in [0.2, 0.25) is 5.02 Å². The Hall–Kier alpha value is -2.33. The van der Waals surface area contributed by atoms with E-state index in [-0.39, 0.29) is 17.3 Å². The summed E-state index contributed by atoms with van der Waals surface area (Å²) in [4.78, 5) is 17.9. The number of nitrogens with zero attached hydrogens (tertiary/aromatic N) is 3. The SMILES string of the molecule is C=CCn1c(=NC(=O)C2CCCN(S(=O)(=O)c3ccc(F)cc3)C2)sc2cc(Cl)ccc21. The Labute approximate surface area is 194 Å². The first-order valence-corrected chi connectivity index (χ1v) is 12.7. The number of fused-ring (bicyclic) bond motifs is 1. The zero-order valence-corrected chi connectivity index (χ0v) is 19.5. The fraction of sp³-hybridized carbons (Fsp3) is 0.273. The summed E-state index contributed by atoms with van der Waals surface area (Å²) < 4.78 is 43.2. The Morgan fingerprint density at radius 2 is 2.03 bits per heavy atom. The maximum absolute atomic E-state index is 13.2. The average Bonchev–Trinajstić information content (AvgIpc) is 3.10. The van der Waals surface area contributed by atoms with Crippen LogP contribution in [0.1, 0.15) is 12.8 Å². The predicted molar refractivity (Wildman–Crippen MR) is 123 cm³/mol. The number of benzene rings is 2. The number of hydrogen-bond donors (Lipinski definition) is 0. The summed E-state index contributed by atoms with van der Waals surface area (Å²) in [5, 5.41) is 0.594. The zero-order chi connectivity index (χ0) is 22.9. The van der Waals surface area contributed by atoms with Crippen LogP contribution in [0.4, 0.5) is 4.39 Å². The van der Waals surface area contributed by atoms with Gasteiger partial charge in [-0.3, -0.25) is 4.79 Å². The average molecular weight is 494 g/mol. The number of carbonyl (C=O) groups excluding carboxylic acids is 1. The molecular formula is C22H21ClFN3O3S2. The van der Waals surface area contributed by atoms with Gasteiger partial charge in [0, 0.05) is 24.7 Å². The van der Waals surface area contributed by atoms with Crippen LogP contribution in [0, 0.1) is 11.7 Å². The molecule has 0 spiro atoms. The number of carbonyl (C=O) groups is 1. The van der Waals surface area contributed by atoms with Gasteiger partial charge >= 0.3 is 0 Å². The third kappa shape index (κ3) is 4.56. The van der Waals surface area contributed by atoms with Gasteiger partial charge in [0.05, 0.1) is 21.0 Å². The van der Waals surface area contributed by atoms with E-state index in [1.807, 2.05) is 16.7 Å². The highest BCUT2D eigenvalue weighted by atomic mass is 35.5. The minimum Gasteiger partial charge on any atom is -0.313 e. The molecular weight excluding hydrogens is 473 g/mol. The molecule has 32 heavy (non-hydrogen) atoms. The molecule has 0 aliphatic carbocycles. The molecule has 1 aliphatic rings. The van der Waals surface area contributed by atoms with Crippen LogP contribution in [-0.2, 0) is 21.4 Å². The number of sulfonamides is 1. The molecule has 0 saturated carbocycles. The standard InChI is InChI=1S/C22H21ClFN3O3S2/c1-2-11-27-19-10-5-16(23)13-20(19)31-22(27)25-21(28)15-4-3-12-26(14-15)32(29,30)18-8-6-17(24)7-9-18/h2,5-10,13,15H,1,3-4,11-12,14H2. The van der Waals surface area contributed by atoms with Gasteiger partial charge in [0.1, 0.15) is 5.82 Å². The molecule has 3 aromatic rings. The largest absolute Gasteiger partial charge is 0.313 e. The highest BCUT2D eigenvalue weighted by Crippen LogP contribution is 2.25. The molecule has 4 rings (SSSR count). The van der Waals surface area contributed by atoms with E-state index in [9.17, 15) is 17.6 Å². The number of thiazole rings is 1. The van der Waals surface area contributed by atoms with Crippen molar-refractivity contribution in [3.05, 3.63) is 70.8 Å². The van der Waals surface area contributed by atoms with Gasteiger partial charge in [-0.15, -0.1) is 6.58 Å². The van der Waals surface area contributed by atoms with Crippen LogP contribution < -0.4 is 4.80 Å². The summed E-state index contributed by atoms with van der Waals surface area (Å²) in [5.41, 5.74) is 0.898. The molecule has 1 unspecified atom stereocenters. The molecule has 0 bridgehead atoms. The number of hydrogen-bond acceptors (Lipinski definition) is 4. The van der Waals surface area contributed by atoms with Crippen LogP contribution in [0.15, 0.2) is 65.0 Å². The Balaban J connectivity index is 1.62. The molecule has 10 heteroatoms. The summed E-state index contributed by atoms with van der Waals surface area (Å²) >= 11 is 7.45. The molecule has 1 amide bonds. The van der Waals surface area contributed by atoms with E-state index in [4.69, 9.17) is 11.6 Å². The summed E-state index contributed by atoms with van der Waals surface area (Å²) in [7, 11) is -3.82. The van der Waals surface area contributed by atoms with Crippen LogP contribution in [-0.4, -0.2) is 36.3 Å². The van der Waals surface area contributed by atoms with Gasteiger partial charge in [0.25, 0.3) is 5.91 Å². The third-order valence-electron chi connectivity index (χ3n) is 5.35. The first-order valence-electron chi connectivity index (χ1n) is 10.0. The van der Waals surface area contributed by atoms with Crippen LogP contribution in [0.3, 0.4) is 0 Å². The molecule has 0 N–H and O–H groups in total. The maximum atomic E-state index is 13.2. The van der Waals surface area contributed by atoms with Crippen molar-refractivity contribution in [2.45, 2.75) is 24.3 Å². The third-order valence-corrected chi connectivity index (χ3v) is 8.50. The molecule has 1 aromatic heterocycles. The molecule has 168 valence electrons. The highest BCUT2D eigenvalue weighted by Gasteiger charge is 2.33. The Morgan fingerprint density at radius 3 is 2.75 bits per heavy atom. The highest BCUT2D eigenvalue weighted by molar-refractivity contribution is 7.89. The van der Waals surface area contributed by atoms with E-state index in [0.29, 0.717) is 35.8 Å². The van der Waals surface area contributed by atoms with Crippen molar-refractivity contribution in [1.82, 2.24) is 8.87 Å². The molecule has 1 atom stereocenters. The molecule has 2 aromatic carbocycles. The van der Waals surface area contributed by atoms with Crippen LogP contribution in [0.5, 0.6) is 0 Å². The number of amides is 1. The van der Waals surface area contributed by atoms with E-state index in [1.54, 1.807) is 12.1 Å². The van der Waals surface area contributed by atoms with Crippen molar-refractivity contribution in [2.24, 2.45) is 10.9 Å². The molecule has 0 radical (unpaired) electrons. The number of allylic oxidation sites excluding steroid dienone is 1. The lowest BCUT2D eigenvalue weighted by molar-refractivity contribution is -0.122. The van der Waals surface area contributed by atoms with Gasteiger partial charge in [-0.25, -0.2) is 12.8 Å². The number of piperidine rings is 1. The van der Waals surface area contributed by atoms with Gasteiger partial charge in [-0.2, -0.15) is 9.30 Å². The molecule has 1 aliphatic heterocycles. The minimum absolute atomic E-state index is 0.00847. The Kier molecular flexibility index (Phi) is 6.62. The van der Waals surface area contributed by atoms with Crippen molar-refractivity contribution in [3.63, 3.8) is 0 Å². The summed E-state index contributed by atoms with van der Waals surface area (Å²) in [6, 6.07) is 10.2. The first-order chi connectivity index (χ1) is 15.3. The maximum Gasteiger partial charge on any atom is 0.252 e. The second-order valence-corrected chi connectivity index (χ2v) is 10.9. The second kappa shape index (κ2) is 9.27. The Morgan fingerprint density at radius 1 is 1.28 bits per heavy atom. The number of aromatic nitrogens is 1. The topological polar surface area (TPSA) is 71.7 Å². The normalized spacial score (nSPS) is 18.2. The molecule has 1 fully saturated rings. The minimum atomic E-state index is -3.82. The van der Waals surface area contributed by atoms with Crippen LogP contribution in [0.25, 0.3) is 10.2 Å². The fourth-order valence-electron chi connectivity index (χ4n) is 3.74. The smallest absolute Gasteiger partial charge is 0.252 e. The van der Waals surface area contributed by atoms with E-state index in [0.717, 1.165) is 22.3 Å². The number of rotatable bonds is 5. The zero-order valence-electron chi connectivity index (χ0n) is 17.1. The lowest BCUT2D eigenvalue weighted by Gasteiger charge is -2.30. The van der Waals surface area contributed by atoms with Crippen molar-refractivity contribution in [3.8, 4) is 0 Å². The lowest BCUT2D eigenvalue weighted by Crippen LogP contribution is -2.42. The second-order valence-electron chi connectivity index (χ2n) is 7.50. The first kappa shape index (κ1) is 22.8. The fourth-order valence-corrected chi connectivity index (χ4v) is 6.59. The van der Waals surface area contributed by atoms with Crippen molar-refractivity contribution in [1.29, 1.82) is 0 Å². The van der Waals surface area contributed by atoms with Crippen molar-refractivity contribution < 1.29 is 17.6 Å². The Bertz CT molecular complexity index is 1350. The number of halogens is 2. The molecule has 1 saturated heterocycles. The van der Waals surface area contributed by atoms with E-state index < -0.39 is 21.8 Å². The molecule has 6 nitrogen and oxygen atoms in total. The van der Waals surface area contributed by atoms with Crippen molar-refractivity contribution >= 4 is 49.1 Å². The lowest BCUT2D eigenvalue weighted by atomic mass is 9.99. The van der Waals surface area contributed by atoms with Gasteiger partial charge in [0.2, 0.25) is 10.0 Å². The van der Waals surface area contributed by atoms with E-state index in [1.165, 1.54) is 27.8 Å². The summed E-state index contributed by atoms with van der Waals surface area (Å²) in [5.74, 6) is -1.42. The van der Waals surface area contributed by atoms with Gasteiger partial charge in [-0.1, -0.05) is 29.0 Å². The predicted octanol–water partition coefficient (Wildman–Crippen LogP) is 4.21. The summed E-state index contributed by atoms with van der Waals surface area (Å²) in [6.45, 7) is 4.60.